The normalized spacial score (nSPS) is 24.7. The zero-order valence-electron chi connectivity index (χ0n) is 14.0. The number of hydrogen-bond donors (Lipinski definition) is 1. The van der Waals surface area contributed by atoms with E-state index in [1.807, 2.05) is 0 Å². The van der Waals surface area contributed by atoms with Gasteiger partial charge in [-0.1, -0.05) is 33.1 Å². The molecule has 0 saturated carbocycles. The standard InChI is InChI=1S/C16H33N3O/c1-6-8-10-14-16(20)19(15(17-14)9-7-2)13(3)11-12-18(4)5/h13-15,17H,6-12H2,1-5H3. The van der Waals surface area contributed by atoms with E-state index in [2.05, 4.69) is 50.0 Å². The lowest BCUT2D eigenvalue weighted by Crippen LogP contribution is -2.44. The third kappa shape index (κ3) is 4.74. The fourth-order valence-corrected chi connectivity index (χ4v) is 2.94. The minimum atomic E-state index is 0.0494. The molecule has 0 aromatic carbocycles. The first-order chi connectivity index (χ1) is 9.51. The van der Waals surface area contributed by atoms with Crippen LogP contribution < -0.4 is 5.32 Å². The third-order valence-electron chi connectivity index (χ3n) is 4.16. The van der Waals surface area contributed by atoms with Gasteiger partial charge in [0.1, 0.15) is 0 Å². The van der Waals surface area contributed by atoms with Crippen molar-refractivity contribution in [3.8, 4) is 0 Å². The predicted octanol–water partition coefficient (Wildman–Crippen LogP) is 2.44. The van der Waals surface area contributed by atoms with Gasteiger partial charge < -0.3 is 9.80 Å². The first kappa shape index (κ1) is 17.4. The maximum absolute atomic E-state index is 12.6. The highest BCUT2D eigenvalue weighted by Gasteiger charge is 2.39. The van der Waals surface area contributed by atoms with Crippen LogP contribution in [0.5, 0.6) is 0 Å². The molecule has 1 amide bonds. The molecule has 4 heteroatoms. The summed E-state index contributed by atoms with van der Waals surface area (Å²) in [7, 11) is 4.18. The molecule has 1 aliphatic rings. The maximum Gasteiger partial charge on any atom is 0.241 e. The molecule has 0 aliphatic carbocycles. The van der Waals surface area contributed by atoms with Crippen molar-refractivity contribution in [2.24, 2.45) is 0 Å². The summed E-state index contributed by atoms with van der Waals surface area (Å²) in [6.45, 7) is 7.59. The summed E-state index contributed by atoms with van der Waals surface area (Å²) in [5.74, 6) is 0.322. The molecule has 1 saturated heterocycles. The van der Waals surface area contributed by atoms with Gasteiger partial charge in [-0.15, -0.1) is 0 Å². The molecule has 0 aromatic rings. The van der Waals surface area contributed by atoms with Gasteiger partial charge in [-0.2, -0.15) is 0 Å². The fourth-order valence-electron chi connectivity index (χ4n) is 2.94. The van der Waals surface area contributed by atoms with Crippen LogP contribution in [0, 0.1) is 0 Å². The van der Waals surface area contributed by atoms with Gasteiger partial charge in [-0.3, -0.25) is 10.1 Å². The van der Waals surface area contributed by atoms with Crippen LogP contribution in [-0.2, 0) is 4.79 Å². The van der Waals surface area contributed by atoms with Crippen molar-refractivity contribution >= 4 is 5.91 Å². The number of nitrogens with zero attached hydrogens (tertiary/aromatic N) is 2. The quantitative estimate of drug-likeness (QED) is 0.706. The van der Waals surface area contributed by atoms with Crippen molar-refractivity contribution in [2.45, 2.75) is 77.5 Å². The number of carbonyl (C=O) groups is 1. The molecule has 118 valence electrons. The Labute approximate surface area is 124 Å². The minimum Gasteiger partial charge on any atom is -0.323 e. The van der Waals surface area contributed by atoms with E-state index in [-0.39, 0.29) is 12.2 Å². The van der Waals surface area contributed by atoms with Gasteiger partial charge in [0, 0.05) is 6.04 Å². The Hall–Kier alpha value is -0.610. The van der Waals surface area contributed by atoms with Crippen LogP contribution >= 0.6 is 0 Å². The zero-order valence-corrected chi connectivity index (χ0v) is 14.0. The van der Waals surface area contributed by atoms with E-state index < -0.39 is 0 Å². The average molecular weight is 283 g/mol. The smallest absolute Gasteiger partial charge is 0.241 e. The maximum atomic E-state index is 12.6. The van der Waals surface area contributed by atoms with Crippen molar-refractivity contribution in [1.29, 1.82) is 0 Å². The van der Waals surface area contributed by atoms with Crippen LogP contribution in [0.2, 0.25) is 0 Å². The molecule has 1 aliphatic heterocycles. The lowest BCUT2D eigenvalue weighted by molar-refractivity contribution is -0.132. The van der Waals surface area contributed by atoms with Crippen molar-refractivity contribution in [3.05, 3.63) is 0 Å². The Bertz CT molecular complexity index is 293. The fraction of sp³-hybridized carbons (Fsp3) is 0.938. The molecule has 3 unspecified atom stereocenters. The number of hydrogen-bond acceptors (Lipinski definition) is 3. The molecule has 1 fully saturated rings. The number of amides is 1. The Morgan fingerprint density at radius 2 is 1.95 bits per heavy atom. The van der Waals surface area contributed by atoms with E-state index in [0.717, 1.165) is 45.1 Å². The first-order valence-electron chi connectivity index (χ1n) is 8.24. The highest BCUT2D eigenvalue weighted by atomic mass is 16.2. The monoisotopic (exact) mass is 283 g/mol. The Kier molecular flexibility index (Phi) is 7.52. The van der Waals surface area contributed by atoms with Crippen molar-refractivity contribution in [2.75, 3.05) is 20.6 Å². The average Bonchev–Trinajstić information content (AvgIpc) is 2.70. The summed E-state index contributed by atoms with van der Waals surface area (Å²) in [4.78, 5) is 16.9. The second kappa shape index (κ2) is 8.63. The van der Waals surface area contributed by atoms with Crippen LogP contribution in [0.25, 0.3) is 0 Å². The number of nitrogens with one attached hydrogen (secondary N) is 1. The van der Waals surface area contributed by atoms with Gasteiger partial charge in [0.05, 0.1) is 12.2 Å². The van der Waals surface area contributed by atoms with Crippen LogP contribution in [0.15, 0.2) is 0 Å². The first-order valence-corrected chi connectivity index (χ1v) is 8.24. The molecule has 0 radical (unpaired) electrons. The highest BCUT2D eigenvalue weighted by molar-refractivity contribution is 5.84. The van der Waals surface area contributed by atoms with Gasteiger partial charge in [0.25, 0.3) is 0 Å². The van der Waals surface area contributed by atoms with Crippen LogP contribution in [-0.4, -0.2) is 54.6 Å². The van der Waals surface area contributed by atoms with Crippen molar-refractivity contribution in [3.63, 3.8) is 0 Å². The molecule has 1 N–H and O–H groups in total. The lowest BCUT2D eigenvalue weighted by Gasteiger charge is -2.31. The van der Waals surface area contributed by atoms with Gasteiger partial charge in [-0.25, -0.2) is 0 Å². The van der Waals surface area contributed by atoms with E-state index in [1.165, 1.54) is 0 Å². The van der Waals surface area contributed by atoms with Gasteiger partial charge in [-0.05, 0) is 46.8 Å². The molecule has 0 bridgehead atoms. The van der Waals surface area contributed by atoms with Crippen LogP contribution in [0.4, 0.5) is 0 Å². The summed E-state index contributed by atoms with van der Waals surface area (Å²) < 4.78 is 0. The topological polar surface area (TPSA) is 35.6 Å². The minimum absolute atomic E-state index is 0.0494. The molecular weight excluding hydrogens is 250 g/mol. The molecule has 0 aromatic heterocycles. The molecule has 20 heavy (non-hydrogen) atoms. The Morgan fingerprint density at radius 3 is 2.50 bits per heavy atom. The Balaban J connectivity index is 2.65. The molecule has 1 rings (SSSR count). The second-order valence-corrected chi connectivity index (χ2v) is 6.35. The summed E-state index contributed by atoms with van der Waals surface area (Å²) in [6.07, 6.45) is 6.71. The van der Waals surface area contributed by atoms with Crippen LogP contribution in [0.3, 0.4) is 0 Å². The summed E-state index contributed by atoms with van der Waals surface area (Å²) in [5.41, 5.74) is 0. The van der Waals surface area contributed by atoms with Gasteiger partial charge in [0.2, 0.25) is 5.91 Å². The van der Waals surface area contributed by atoms with Gasteiger partial charge >= 0.3 is 0 Å². The largest absolute Gasteiger partial charge is 0.323 e. The summed E-state index contributed by atoms with van der Waals surface area (Å²) in [6, 6.07) is 0.369. The molecule has 1 heterocycles. The molecule has 0 spiro atoms. The summed E-state index contributed by atoms with van der Waals surface area (Å²) in [5, 5.41) is 3.56. The van der Waals surface area contributed by atoms with E-state index in [9.17, 15) is 4.79 Å². The zero-order chi connectivity index (χ0) is 15.1. The lowest BCUT2D eigenvalue weighted by atomic mass is 10.1. The van der Waals surface area contributed by atoms with E-state index in [1.54, 1.807) is 0 Å². The van der Waals surface area contributed by atoms with E-state index in [4.69, 9.17) is 0 Å². The molecule has 3 atom stereocenters. The third-order valence-corrected chi connectivity index (χ3v) is 4.16. The molecular formula is C16H33N3O. The SMILES string of the molecule is CCCCC1NC(CCC)N(C(C)CCN(C)C)C1=O. The number of unbranched alkanes of at least 4 members (excludes halogenated alkanes) is 1. The van der Waals surface area contributed by atoms with E-state index in [0.29, 0.717) is 11.9 Å². The van der Waals surface area contributed by atoms with Gasteiger partial charge in [0.15, 0.2) is 0 Å². The number of carbonyl (C=O) groups excluding carboxylic acids is 1. The Morgan fingerprint density at radius 1 is 1.25 bits per heavy atom. The second-order valence-electron chi connectivity index (χ2n) is 6.35. The van der Waals surface area contributed by atoms with Crippen LogP contribution in [0.1, 0.15) is 59.3 Å². The summed E-state index contributed by atoms with van der Waals surface area (Å²) >= 11 is 0. The van der Waals surface area contributed by atoms with Crippen molar-refractivity contribution < 1.29 is 4.79 Å². The molecule has 4 nitrogen and oxygen atoms in total. The highest BCUT2D eigenvalue weighted by Crippen LogP contribution is 2.22. The van der Waals surface area contributed by atoms with Crippen molar-refractivity contribution in [1.82, 2.24) is 15.1 Å². The number of rotatable bonds is 9. The predicted molar refractivity (Wildman–Crippen MR) is 84.6 cm³/mol. The van der Waals surface area contributed by atoms with E-state index >= 15 is 0 Å².